The molecular weight excluding hydrogens is 380 g/mol. The number of hydrogen-bond acceptors (Lipinski definition) is 7. The van der Waals surface area contributed by atoms with Gasteiger partial charge in [0.15, 0.2) is 5.71 Å². The summed E-state index contributed by atoms with van der Waals surface area (Å²) in [4.78, 5) is 12.4. The summed E-state index contributed by atoms with van der Waals surface area (Å²) in [5.41, 5.74) is 3.85. The molecule has 7 nitrogen and oxygen atoms in total. The van der Waals surface area contributed by atoms with Crippen molar-refractivity contribution in [2.24, 2.45) is 11.0 Å². The average Bonchev–Trinajstić information content (AvgIpc) is 2.80. The Labute approximate surface area is 171 Å². The van der Waals surface area contributed by atoms with Crippen molar-refractivity contribution in [3.63, 3.8) is 0 Å². The minimum Gasteiger partial charge on any atom is -0.464 e. The number of para-hydroxylation sites is 2. The molecule has 1 N–H and O–H groups in total. The van der Waals surface area contributed by atoms with Crippen LogP contribution in [-0.4, -0.2) is 5.71 Å². The number of anilines is 1. The topological polar surface area (TPSA) is 111 Å². The first-order chi connectivity index (χ1) is 14.7. The SMILES string of the molecule is N#C/C(=N\Nc1ccccc1)C1=COC(c2cc3ccccc3oc2=O)=CC1C#N. The highest BCUT2D eigenvalue weighted by Crippen LogP contribution is 2.28. The lowest BCUT2D eigenvalue weighted by atomic mass is 9.94. The molecule has 0 spiro atoms. The Morgan fingerprint density at radius 1 is 1.07 bits per heavy atom. The molecule has 30 heavy (non-hydrogen) atoms. The summed E-state index contributed by atoms with van der Waals surface area (Å²) in [6, 6.07) is 21.9. The van der Waals surface area contributed by atoms with Crippen LogP contribution in [0.5, 0.6) is 0 Å². The standard InChI is InChI=1S/C23H14N4O3/c24-12-16-11-22(18-10-15-6-4-5-9-21(15)30-23(18)28)29-14-19(16)20(13-25)27-26-17-7-2-1-3-8-17/h1-11,14,16,26H/b27-20+. The summed E-state index contributed by atoms with van der Waals surface area (Å²) in [6.07, 6.45) is 2.75. The second-order valence-electron chi connectivity index (χ2n) is 6.36. The average molecular weight is 394 g/mol. The molecule has 1 aliphatic rings. The van der Waals surface area contributed by atoms with Gasteiger partial charge in [0.05, 0.1) is 23.9 Å². The Morgan fingerprint density at radius 3 is 2.60 bits per heavy atom. The molecule has 1 aliphatic heterocycles. The highest BCUT2D eigenvalue weighted by atomic mass is 16.5. The fraction of sp³-hybridized carbons (Fsp3) is 0.0435. The first-order valence-corrected chi connectivity index (χ1v) is 9.00. The number of hydrazone groups is 1. The number of ether oxygens (including phenoxy) is 1. The Hall–Kier alpha value is -4.62. The molecule has 1 atom stereocenters. The van der Waals surface area contributed by atoms with Crippen LogP contribution in [0, 0.1) is 28.6 Å². The van der Waals surface area contributed by atoms with Crippen LogP contribution in [0.25, 0.3) is 16.7 Å². The predicted octanol–water partition coefficient (Wildman–Crippen LogP) is 4.18. The summed E-state index contributed by atoms with van der Waals surface area (Å²) in [7, 11) is 0. The van der Waals surface area contributed by atoms with E-state index in [0.717, 1.165) is 5.39 Å². The number of hydrogen-bond donors (Lipinski definition) is 1. The first kappa shape index (κ1) is 18.7. The third-order valence-corrected chi connectivity index (χ3v) is 4.46. The summed E-state index contributed by atoms with van der Waals surface area (Å²) < 4.78 is 10.9. The van der Waals surface area contributed by atoms with Gasteiger partial charge < -0.3 is 9.15 Å². The molecule has 0 saturated heterocycles. The lowest BCUT2D eigenvalue weighted by Gasteiger charge is -2.17. The number of nitriles is 2. The summed E-state index contributed by atoms with van der Waals surface area (Å²) >= 11 is 0. The third kappa shape index (κ3) is 3.68. The van der Waals surface area contributed by atoms with E-state index in [1.807, 2.05) is 36.4 Å². The van der Waals surface area contributed by atoms with E-state index in [4.69, 9.17) is 9.15 Å². The zero-order chi connectivity index (χ0) is 20.9. The molecule has 1 unspecified atom stereocenters. The van der Waals surface area contributed by atoms with E-state index in [9.17, 15) is 15.3 Å². The van der Waals surface area contributed by atoms with E-state index in [-0.39, 0.29) is 22.6 Å². The molecule has 0 bridgehead atoms. The van der Waals surface area contributed by atoms with E-state index in [1.54, 1.807) is 30.3 Å². The predicted molar refractivity (Wildman–Crippen MR) is 112 cm³/mol. The highest BCUT2D eigenvalue weighted by molar-refractivity contribution is 6.12. The second kappa shape index (κ2) is 8.17. The van der Waals surface area contributed by atoms with Gasteiger partial charge in [0, 0.05) is 11.0 Å². The van der Waals surface area contributed by atoms with Gasteiger partial charge in [-0.2, -0.15) is 15.6 Å². The molecule has 0 radical (unpaired) electrons. The smallest absolute Gasteiger partial charge is 0.347 e. The van der Waals surface area contributed by atoms with Crippen molar-refractivity contribution in [2.75, 3.05) is 5.43 Å². The van der Waals surface area contributed by atoms with Crippen molar-refractivity contribution in [3.8, 4) is 12.1 Å². The van der Waals surface area contributed by atoms with Crippen molar-refractivity contribution in [2.45, 2.75) is 0 Å². The van der Waals surface area contributed by atoms with E-state index < -0.39 is 11.5 Å². The van der Waals surface area contributed by atoms with Gasteiger partial charge in [0.2, 0.25) is 0 Å². The number of nitrogens with zero attached hydrogens (tertiary/aromatic N) is 3. The van der Waals surface area contributed by atoms with E-state index >= 15 is 0 Å². The normalized spacial score (nSPS) is 15.9. The van der Waals surface area contributed by atoms with Gasteiger partial charge in [-0.1, -0.05) is 36.4 Å². The molecule has 4 rings (SSSR count). The minimum atomic E-state index is -0.824. The molecule has 0 fully saturated rings. The first-order valence-electron chi connectivity index (χ1n) is 9.00. The number of benzene rings is 2. The summed E-state index contributed by atoms with van der Waals surface area (Å²) in [6.45, 7) is 0. The van der Waals surface area contributed by atoms with Crippen molar-refractivity contribution >= 4 is 28.1 Å². The van der Waals surface area contributed by atoms with Crippen LogP contribution in [-0.2, 0) is 4.74 Å². The van der Waals surface area contributed by atoms with Crippen LogP contribution >= 0.6 is 0 Å². The van der Waals surface area contributed by atoms with Crippen LogP contribution < -0.4 is 11.1 Å². The molecule has 0 aliphatic carbocycles. The molecule has 144 valence electrons. The molecule has 0 saturated carbocycles. The molecule has 1 aromatic heterocycles. The van der Waals surface area contributed by atoms with Crippen molar-refractivity contribution in [3.05, 3.63) is 94.6 Å². The second-order valence-corrected chi connectivity index (χ2v) is 6.36. The van der Waals surface area contributed by atoms with Crippen molar-refractivity contribution in [1.29, 1.82) is 10.5 Å². The lowest BCUT2D eigenvalue weighted by Crippen LogP contribution is -2.17. The number of nitrogens with one attached hydrogen (secondary N) is 1. The summed E-state index contributed by atoms with van der Waals surface area (Å²) in [5.74, 6) is -0.631. The summed E-state index contributed by atoms with van der Waals surface area (Å²) in [5, 5.41) is 23.9. The molecule has 0 amide bonds. The van der Waals surface area contributed by atoms with Crippen LogP contribution in [0.1, 0.15) is 5.56 Å². The van der Waals surface area contributed by atoms with E-state index in [2.05, 4.69) is 16.6 Å². The van der Waals surface area contributed by atoms with Crippen molar-refractivity contribution < 1.29 is 9.15 Å². The third-order valence-electron chi connectivity index (χ3n) is 4.46. The number of rotatable bonds is 4. The Kier molecular flexibility index (Phi) is 5.10. The van der Waals surface area contributed by atoms with Crippen LogP contribution in [0.3, 0.4) is 0 Å². The molecule has 2 heterocycles. The monoisotopic (exact) mass is 394 g/mol. The van der Waals surface area contributed by atoms with Crippen LogP contribution in [0.4, 0.5) is 5.69 Å². The fourth-order valence-corrected chi connectivity index (χ4v) is 2.96. The van der Waals surface area contributed by atoms with Gasteiger partial charge in [-0.05, 0) is 30.3 Å². The maximum Gasteiger partial charge on any atom is 0.347 e. The minimum absolute atomic E-state index is 0.00579. The van der Waals surface area contributed by atoms with E-state index in [1.165, 1.54) is 12.3 Å². The molecular formula is C23H14N4O3. The van der Waals surface area contributed by atoms with E-state index in [0.29, 0.717) is 11.3 Å². The largest absolute Gasteiger partial charge is 0.464 e. The Morgan fingerprint density at radius 2 is 1.83 bits per heavy atom. The van der Waals surface area contributed by atoms with Gasteiger partial charge >= 0.3 is 5.63 Å². The maximum absolute atomic E-state index is 12.4. The molecule has 3 aromatic rings. The zero-order valence-corrected chi connectivity index (χ0v) is 15.6. The zero-order valence-electron chi connectivity index (χ0n) is 15.6. The van der Waals surface area contributed by atoms with Gasteiger partial charge in [-0.15, -0.1) is 0 Å². The van der Waals surface area contributed by atoms with Gasteiger partial charge in [0.1, 0.15) is 23.0 Å². The van der Waals surface area contributed by atoms with Crippen LogP contribution in [0.15, 0.2) is 92.9 Å². The quantitative estimate of drug-likeness (QED) is 0.404. The molecule has 2 aromatic carbocycles. The van der Waals surface area contributed by atoms with Gasteiger partial charge in [0.25, 0.3) is 0 Å². The van der Waals surface area contributed by atoms with Crippen molar-refractivity contribution in [1.82, 2.24) is 0 Å². The maximum atomic E-state index is 12.4. The Bertz CT molecular complexity index is 1340. The molecule has 7 heteroatoms. The van der Waals surface area contributed by atoms with Gasteiger partial charge in [-0.3, -0.25) is 5.43 Å². The number of allylic oxidation sites excluding steroid dienone is 2. The fourth-order valence-electron chi connectivity index (χ4n) is 2.96. The van der Waals surface area contributed by atoms with Gasteiger partial charge in [-0.25, -0.2) is 4.79 Å². The number of fused-ring (bicyclic) bond motifs is 1. The Balaban J connectivity index is 1.65. The highest BCUT2D eigenvalue weighted by Gasteiger charge is 2.25. The van der Waals surface area contributed by atoms with Crippen LogP contribution in [0.2, 0.25) is 0 Å². The lowest BCUT2D eigenvalue weighted by molar-refractivity contribution is 0.415.